The molecule has 8 heteroatoms. The lowest BCUT2D eigenvalue weighted by atomic mass is 10.2. The van der Waals surface area contributed by atoms with Gasteiger partial charge < -0.3 is 5.32 Å². The quantitative estimate of drug-likeness (QED) is 0.708. The smallest absolute Gasteiger partial charge is 0.251 e. The first-order valence-electron chi connectivity index (χ1n) is 9.59. The number of hydrogen-bond donors (Lipinski definition) is 1. The van der Waals surface area contributed by atoms with Gasteiger partial charge in [-0.1, -0.05) is 24.9 Å². The van der Waals surface area contributed by atoms with Gasteiger partial charge in [-0.15, -0.1) is 0 Å². The molecule has 2 rings (SSSR count). The van der Waals surface area contributed by atoms with E-state index < -0.39 is 10.0 Å². The number of nitrogens with zero attached hydrogens (tertiary/aromatic N) is 2. The molecular weight excluding hydrogens is 386 g/mol. The summed E-state index contributed by atoms with van der Waals surface area (Å²) in [4.78, 5) is 14.7. The number of likely N-dealkylation sites (N-methyl/N-ethyl adjacent to an activating group) is 1. The third-order valence-electron chi connectivity index (χ3n) is 4.95. The largest absolute Gasteiger partial charge is 0.351 e. The number of hydrogen-bond acceptors (Lipinski definition) is 4. The van der Waals surface area contributed by atoms with Crippen LogP contribution in [-0.2, 0) is 10.0 Å². The van der Waals surface area contributed by atoms with Crippen LogP contribution in [-0.4, -0.2) is 62.3 Å². The molecule has 0 spiro atoms. The van der Waals surface area contributed by atoms with Crippen molar-refractivity contribution in [3.63, 3.8) is 0 Å². The standard InChI is InChI=1S/C19H30ClN3O3S/c1-4-22(15(2)3)13-10-21-19(24)16-8-9-17(20)18(14-16)27(25,26)23-11-6-5-7-12-23/h8-9,14-15H,4-7,10-13H2,1-3H3,(H,21,24). The summed E-state index contributed by atoms with van der Waals surface area (Å²) in [6.45, 7) is 9.46. The molecule has 1 N–H and O–H groups in total. The molecule has 152 valence electrons. The highest BCUT2D eigenvalue weighted by molar-refractivity contribution is 7.89. The number of amides is 1. The molecule has 27 heavy (non-hydrogen) atoms. The van der Waals surface area contributed by atoms with Gasteiger partial charge in [0.15, 0.2) is 0 Å². The van der Waals surface area contributed by atoms with Crippen LogP contribution in [0.4, 0.5) is 0 Å². The molecule has 0 aromatic heterocycles. The number of halogens is 1. The van der Waals surface area contributed by atoms with Crippen molar-refractivity contribution in [3.8, 4) is 0 Å². The van der Waals surface area contributed by atoms with Crippen molar-refractivity contribution in [1.82, 2.24) is 14.5 Å². The highest BCUT2D eigenvalue weighted by atomic mass is 35.5. The summed E-state index contributed by atoms with van der Waals surface area (Å²) in [6, 6.07) is 4.85. The molecule has 0 saturated carbocycles. The van der Waals surface area contributed by atoms with Gasteiger partial charge in [0, 0.05) is 37.8 Å². The van der Waals surface area contributed by atoms with E-state index in [9.17, 15) is 13.2 Å². The van der Waals surface area contributed by atoms with Crippen molar-refractivity contribution in [3.05, 3.63) is 28.8 Å². The minimum absolute atomic E-state index is 0.0103. The van der Waals surface area contributed by atoms with Crippen molar-refractivity contribution < 1.29 is 13.2 Å². The maximum Gasteiger partial charge on any atom is 0.251 e. The topological polar surface area (TPSA) is 69.7 Å². The van der Waals surface area contributed by atoms with Gasteiger partial charge >= 0.3 is 0 Å². The Morgan fingerprint density at radius 2 is 1.93 bits per heavy atom. The number of nitrogens with one attached hydrogen (secondary N) is 1. The van der Waals surface area contributed by atoms with Crippen LogP contribution in [0.15, 0.2) is 23.1 Å². The van der Waals surface area contributed by atoms with Crippen LogP contribution < -0.4 is 5.32 Å². The monoisotopic (exact) mass is 415 g/mol. The molecule has 0 radical (unpaired) electrons. The van der Waals surface area contributed by atoms with Gasteiger partial charge in [0.25, 0.3) is 5.91 Å². The lowest BCUT2D eigenvalue weighted by Gasteiger charge is -2.26. The molecule has 1 heterocycles. The van der Waals surface area contributed by atoms with Gasteiger partial charge in [-0.3, -0.25) is 9.69 Å². The zero-order chi connectivity index (χ0) is 20.0. The highest BCUT2D eigenvalue weighted by Gasteiger charge is 2.28. The van der Waals surface area contributed by atoms with Crippen LogP contribution in [0.5, 0.6) is 0 Å². The lowest BCUT2D eigenvalue weighted by molar-refractivity contribution is 0.0945. The Kier molecular flexibility index (Phi) is 8.09. The predicted molar refractivity (Wildman–Crippen MR) is 109 cm³/mol. The summed E-state index contributed by atoms with van der Waals surface area (Å²) in [6.07, 6.45) is 2.73. The van der Waals surface area contributed by atoms with Gasteiger partial charge in [0.05, 0.1) is 5.02 Å². The first-order chi connectivity index (χ1) is 12.8. The van der Waals surface area contributed by atoms with Gasteiger partial charge in [-0.25, -0.2) is 8.42 Å². The SMILES string of the molecule is CCN(CCNC(=O)c1ccc(Cl)c(S(=O)(=O)N2CCCCC2)c1)C(C)C. The Labute approximate surface area is 167 Å². The number of carbonyl (C=O) groups is 1. The Bertz CT molecular complexity index is 747. The third kappa shape index (κ3) is 5.67. The van der Waals surface area contributed by atoms with E-state index in [2.05, 4.69) is 31.0 Å². The summed E-state index contributed by atoms with van der Waals surface area (Å²) in [5.74, 6) is -0.290. The van der Waals surface area contributed by atoms with Crippen molar-refractivity contribution in [1.29, 1.82) is 0 Å². The molecule has 1 fully saturated rings. The van der Waals surface area contributed by atoms with Crippen molar-refractivity contribution in [2.75, 3.05) is 32.7 Å². The van der Waals surface area contributed by atoms with E-state index in [-0.39, 0.29) is 15.8 Å². The molecule has 1 aliphatic heterocycles. The molecular formula is C19H30ClN3O3S. The number of rotatable bonds is 8. The number of carbonyl (C=O) groups excluding carboxylic acids is 1. The maximum absolute atomic E-state index is 12.9. The second kappa shape index (κ2) is 9.87. The van der Waals surface area contributed by atoms with Crippen molar-refractivity contribution in [2.45, 2.75) is 51.0 Å². The Morgan fingerprint density at radius 1 is 1.26 bits per heavy atom. The fourth-order valence-electron chi connectivity index (χ4n) is 3.28. The fraction of sp³-hybridized carbons (Fsp3) is 0.632. The molecule has 0 bridgehead atoms. The molecule has 0 unspecified atom stereocenters. The summed E-state index contributed by atoms with van der Waals surface area (Å²) in [5.41, 5.74) is 0.308. The average Bonchev–Trinajstić information content (AvgIpc) is 2.65. The second-order valence-corrected chi connectivity index (χ2v) is 9.40. The van der Waals surface area contributed by atoms with Crippen molar-refractivity contribution >= 4 is 27.5 Å². The molecule has 1 amide bonds. The average molecular weight is 416 g/mol. The van der Waals surface area contributed by atoms with Gasteiger partial charge in [0.1, 0.15) is 4.90 Å². The zero-order valence-electron chi connectivity index (χ0n) is 16.4. The van der Waals surface area contributed by atoms with Crippen LogP contribution in [0.3, 0.4) is 0 Å². The van der Waals surface area contributed by atoms with E-state index in [4.69, 9.17) is 11.6 Å². The molecule has 0 aliphatic carbocycles. The maximum atomic E-state index is 12.9. The first-order valence-corrected chi connectivity index (χ1v) is 11.4. The first kappa shape index (κ1) is 22.1. The number of sulfonamides is 1. The van der Waals surface area contributed by atoms with E-state index in [1.54, 1.807) is 6.07 Å². The second-order valence-electron chi connectivity index (χ2n) is 7.09. The number of benzene rings is 1. The molecule has 0 atom stereocenters. The normalized spacial score (nSPS) is 16.1. The van der Waals surface area contributed by atoms with Crippen LogP contribution in [0, 0.1) is 0 Å². The molecule has 1 aromatic rings. The summed E-state index contributed by atoms with van der Waals surface area (Å²) in [5, 5.41) is 3.01. The van der Waals surface area contributed by atoms with Crippen LogP contribution in [0.2, 0.25) is 5.02 Å². The highest BCUT2D eigenvalue weighted by Crippen LogP contribution is 2.27. The van der Waals surface area contributed by atoms with Crippen LogP contribution in [0.25, 0.3) is 0 Å². The van der Waals surface area contributed by atoms with E-state index in [1.165, 1.54) is 16.4 Å². The summed E-state index contributed by atoms with van der Waals surface area (Å²) >= 11 is 6.16. The Hall–Kier alpha value is -1.15. The van der Waals surface area contributed by atoms with E-state index in [0.29, 0.717) is 31.2 Å². The summed E-state index contributed by atoms with van der Waals surface area (Å²) < 4.78 is 27.3. The lowest BCUT2D eigenvalue weighted by Crippen LogP contribution is -2.38. The molecule has 6 nitrogen and oxygen atoms in total. The predicted octanol–water partition coefficient (Wildman–Crippen LogP) is 2.97. The third-order valence-corrected chi connectivity index (χ3v) is 7.33. The van der Waals surface area contributed by atoms with Crippen LogP contribution in [0.1, 0.15) is 50.4 Å². The van der Waals surface area contributed by atoms with Gasteiger partial charge in [0.2, 0.25) is 10.0 Å². The van der Waals surface area contributed by atoms with Crippen LogP contribution >= 0.6 is 11.6 Å². The van der Waals surface area contributed by atoms with E-state index in [0.717, 1.165) is 32.4 Å². The summed E-state index contributed by atoms with van der Waals surface area (Å²) in [7, 11) is -3.68. The molecule has 1 aliphatic rings. The van der Waals surface area contributed by atoms with Gasteiger partial charge in [-0.05, 0) is 51.4 Å². The van der Waals surface area contributed by atoms with Gasteiger partial charge in [-0.2, -0.15) is 4.31 Å². The number of piperidine rings is 1. The zero-order valence-corrected chi connectivity index (χ0v) is 17.9. The minimum atomic E-state index is -3.68. The van der Waals surface area contributed by atoms with E-state index >= 15 is 0 Å². The molecule has 1 aromatic carbocycles. The Morgan fingerprint density at radius 3 is 2.52 bits per heavy atom. The fourth-order valence-corrected chi connectivity index (χ4v) is 5.30. The van der Waals surface area contributed by atoms with E-state index in [1.807, 2.05) is 0 Å². The Balaban J connectivity index is 2.10. The molecule has 1 saturated heterocycles. The van der Waals surface area contributed by atoms with Crippen molar-refractivity contribution in [2.24, 2.45) is 0 Å². The minimum Gasteiger partial charge on any atom is -0.351 e.